The zero-order chi connectivity index (χ0) is 16.1. The van der Waals surface area contributed by atoms with Crippen molar-refractivity contribution in [2.75, 3.05) is 22.7 Å². The highest BCUT2D eigenvalue weighted by molar-refractivity contribution is 8.08. The molecule has 0 aromatic heterocycles. The Morgan fingerprint density at radius 2 is 1.90 bits per heavy atom. The molecule has 8 heteroatoms. The second-order valence-corrected chi connectivity index (χ2v) is 8.67. The van der Waals surface area contributed by atoms with Gasteiger partial charge in [0.05, 0.1) is 5.69 Å². The maximum atomic E-state index is 11.8. The number of aliphatic hydroxyl groups is 1. The fourth-order valence-electron chi connectivity index (χ4n) is 1.68. The molecule has 6 nitrogen and oxygen atoms in total. The molecular weight excluding hydrogens is 314 g/mol. The van der Waals surface area contributed by atoms with Gasteiger partial charge in [-0.2, -0.15) is 0 Å². The van der Waals surface area contributed by atoms with Gasteiger partial charge in [0.2, 0.25) is 10.0 Å². The SMILES string of the molecule is CCc1cc(C#CCO)ccc1NS(=O)(=O)CS(C)(=O)=O. The number of hydrogen-bond donors (Lipinski definition) is 2. The van der Waals surface area contributed by atoms with E-state index in [1.165, 1.54) is 6.07 Å². The molecule has 0 spiro atoms. The van der Waals surface area contributed by atoms with Gasteiger partial charge in [-0.1, -0.05) is 18.8 Å². The van der Waals surface area contributed by atoms with Gasteiger partial charge in [0.1, 0.15) is 6.61 Å². The fourth-order valence-corrected chi connectivity index (χ4v) is 4.71. The van der Waals surface area contributed by atoms with Crippen molar-refractivity contribution in [3.8, 4) is 11.8 Å². The average molecular weight is 331 g/mol. The Bertz CT molecular complexity index is 771. The van der Waals surface area contributed by atoms with E-state index < -0.39 is 24.9 Å². The van der Waals surface area contributed by atoms with Crippen molar-refractivity contribution in [1.82, 2.24) is 0 Å². The molecule has 0 aliphatic carbocycles. The van der Waals surface area contributed by atoms with Crippen LogP contribution in [-0.2, 0) is 26.3 Å². The second kappa shape index (κ2) is 6.93. The summed E-state index contributed by atoms with van der Waals surface area (Å²) >= 11 is 0. The van der Waals surface area contributed by atoms with Gasteiger partial charge in [-0.15, -0.1) is 0 Å². The highest BCUT2D eigenvalue weighted by Crippen LogP contribution is 2.19. The average Bonchev–Trinajstić information content (AvgIpc) is 2.34. The summed E-state index contributed by atoms with van der Waals surface area (Å²) in [4.78, 5) is 0. The second-order valence-electron chi connectivity index (χ2n) is 4.45. The fraction of sp³-hybridized carbons (Fsp3) is 0.385. The van der Waals surface area contributed by atoms with E-state index in [1.807, 2.05) is 6.92 Å². The first-order valence-electron chi connectivity index (χ1n) is 6.07. The van der Waals surface area contributed by atoms with Crippen LogP contribution in [0.2, 0.25) is 0 Å². The molecule has 116 valence electrons. The number of anilines is 1. The molecule has 0 saturated carbocycles. The first-order chi connectivity index (χ1) is 9.67. The Morgan fingerprint density at radius 3 is 2.43 bits per heavy atom. The van der Waals surface area contributed by atoms with Crippen LogP contribution in [0.25, 0.3) is 0 Å². The highest BCUT2D eigenvalue weighted by Gasteiger charge is 2.19. The lowest BCUT2D eigenvalue weighted by Gasteiger charge is -2.11. The van der Waals surface area contributed by atoms with Crippen molar-refractivity contribution in [2.45, 2.75) is 13.3 Å². The summed E-state index contributed by atoms with van der Waals surface area (Å²) in [7, 11) is -7.61. The largest absolute Gasteiger partial charge is 0.384 e. The molecule has 0 heterocycles. The summed E-state index contributed by atoms with van der Waals surface area (Å²) in [6, 6.07) is 4.82. The lowest BCUT2D eigenvalue weighted by molar-refractivity contribution is 0.350. The number of aliphatic hydroxyl groups excluding tert-OH is 1. The summed E-state index contributed by atoms with van der Waals surface area (Å²) in [5.74, 6) is 5.23. The number of nitrogens with one attached hydrogen (secondary N) is 1. The van der Waals surface area contributed by atoms with Gasteiger partial charge < -0.3 is 5.11 Å². The van der Waals surface area contributed by atoms with Gasteiger partial charge in [-0.05, 0) is 30.2 Å². The monoisotopic (exact) mass is 331 g/mol. The van der Waals surface area contributed by atoms with E-state index in [2.05, 4.69) is 16.6 Å². The van der Waals surface area contributed by atoms with Crippen molar-refractivity contribution in [3.05, 3.63) is 29.3 Å². The topological polar surface area (TPSA) is 101 Å². The zero-order valence-corrected chi connectivity index (χ0v) is 13.4. The Hall–Kier alpha value is -1.56. The van der Waals surface area contributed by atoms with Crippen LogP contribution in [0.1, 0.15) is 18.1 Å². The van der Waals surface area contributed by atoms with Crippen LogP contribution in [0.5, 0.6) is 0 Å². The standard InChI is InChI=1S/C13H17NO5S2/c1-3-12-9-11(5-4-8-15)6-7-13(12)14-21(18,19)10-20(2,16)17/h6-7,9,14-15H,3,8,10H2,1-2H3. The maximum Gasteiger partial charge on any atom is 0.247 e. The summed E-state index contributed by atoms with van der Waals surface area (Å²) in [5.41, 5.74) is 1.67. The molecule has 0 amide bonds. The first-order valence-corrected chi connectivity index (χ1v) is 9.79. The first kappa shape index (κ1) is 17.5. The number of benzene rings is 1. The maximum absolute atomic E-state index is 11.8. The van der Waals surface area contributed by atoms with E-state index in [0.717, 1.165) is 6.26 Å². The quantitative estimate of drug-likeness (QED) is 0.758. The third kappa shape index (κ3) is 6.16. The molecule has 0 fully saturated rings. The Kier molecular flexibility index (Phi) is 5.78. The smallest absolute Gasteiger partial charge is 0.247 e. The van der Waals surface area contributed by atoms with Gasteiger partial charge in [0.25, 0.3) is 0 Å². The minimum atomic E-state index is -3.97. The highest BCUT2D eigenvalue weighted by atomic mass is 32.3. The molecule has 0 unspecified atom stereocenters. The lowest BCUT2D eigenvalue weighted by Crippen LogP contribution is -2.22. The van der Waals surface area contributed by atoms with E-state index in [-0.39, 0.29) is 6.61 Å². The molecule has 0 saturated heterocycles. The van der Waals surface area contributed by atoms with Crippen LogP contribution in [0.15, 0.2) is 18.2 Å². The minimum absolute atomic E-state index is 0.260. The van der Waals surface area contributed by atoms with Crippen LogP contribution in [0.4, 0.5) is 5.69 Å². The molecule has 0 aliphatic heterocycles. The summed E-state index contributed by atoms with van der Waals surface area (Å²) in [6.07, 6.45) is 1.41. The predicted octanol–water partition coefficient (Wildman–Crippen LogP) is 0.337. The van der Waals surface area contributed by atoms with Crippen LogP contribution < -0.4 is 4.72 Å². The van der Waals surface area contributed by atoms with Gasteiger partial charge in [0.15, 0.2) is 14.9 Å². The molecule has 21 heavy (non-hydrogen) atoms. The number of sulfonamides is 1. The van der Waals surface area contributed by atoms with Crippen LogP contribution in [0, 0.1) is 11.8 Å². The number of rotatable bonds is 5. The van der Waals surface area contributed by atoms with E-state index in [1.54, 1.807) is 12.1 Å². The van der Waals surface area contributed by atoms with Gasteiger partial charge >= 0.3 is 0 Å². The van der Waals surface area contributed by atoms with Crippen LogP contribution in [-0.4, -0.2) is 39.9 Å². The van der Waals surface area contributed by atoms with Gasteiger partial charge in [-0.25, -0.2) is 16.8 Å². The van der Waals surface area contributed by atoms with Gasteiger partial charge in [0, 0.05) is 11.8 Å². The van der Waals surface area contributed by atoms with Crippen LogP contribution in [0.3, 0.4) is 0 Å². The molecular formula is C13H17NO5S2. The minimum Gasteiger partial charge on any atom is -0.384 e. The van der Waals surface area contributed by atoms with Crippen molar-refractivity contribution in [1.29, 1.82) is 0 Å². The zero-order valence-electron chi connectivity index (χ0n) is 11.8. The number of hydrogen-bond acceptors (Lipinski definition) is 5. The molecule has 1 aromatic rings. The molecule has 2 N–H and O–H groups in total. The van der Waals surface area contributed by atoms with Crippen molar-refractivity contribution in [2.24, 2.45) is 0 Å². The summed E-state index contributed by atoms with van der Waals surface area (Å²) in [5, 5.41) is 7.68. The van der Waals surface area contributed by atoms with Crippen molar-refractivity contribution in [3.63, 3.8) is 0 Å². The van der Waals surface area contributed by atoms with Gasteiger partial charge in [-0.3, -0.25) is 4.72 Å². The van der Waals surface area contributed by atoms with Crippen molar-refractivity contribution >= 4 is 25.5 Å². The summed E-state index contributed by atoms with van der Waals surface area (Å²) in [6.45, 7) is 1.58. The third-order valence-electron chi connectivity index (χ3n) is 2.43. The molecule has 1 rings (SSSR count). The Balaban J connectivity index is 3.09. The van der Waals surface area contributed by atoms with Crippen LogP contribution >= 0.6 is 0 Å². The van der Waals surface area contributed by atoms with E-state index in [0.29, 0.717) is 23.2 Å². The predicted molar refractivity (Wildman–Crippen MR) is 82.0 cm³/mol. The molecule has 0 aliphatic rings. The molecule has 1 aromatic carbocycles. The number of aryl methyl sites for hydroxylation is 1. The third-order valence-corrected chi connectivity index (χ3v) is 5.92. The lowest BCUT2D eigenvalue weighted by atomic mass is 10.1. The normalized spacial score (nSPS) is 11.6. The van der Waals surface area contributed by atoms with E-state index >= 15 is 0 Å². The van der Waals surface area contributed by atoms with E-state index in [9.17, 15) is 16.8 Å². The Labute approximate surface area is 125 Å². The molecule has 0 atom stereocenters. The molecule has 0 bridgehead atoms. The molecule has 0 radical (unpaired) electrons. The van der Waals surface area contributed by atoms with E-state index in [4.69, 9.17) is 5.11 Å². The summed E-state index contributed by atoms with van der Waals surface area (Å²) < 4.78 is 48.1. The van der Waals surface area contributed by atoms with Crippen molar-refractivity contribution < 1.29 is 21.9 Å². The number of sulfone groups is 1. The Morgan fingerprint density at radius 1 is 1.24 bits per heavy atom.